The molecule has 2 N–H and O–H groups in total. The minimum absolute atomic E-state index is 0.394. The highest BCUT2D eigenvalue weighted by molar-refractivity contribution is 9.10. The second-order valence-electron chi connectivity index (χ2n) is 3.33. The summed E-state index contributed by atoms with van der Waals surface area (Å²) in [7, 11) is 0. The molecule has 1 aromatic heterocycles. The molecule has 1 atom stereocenters. The molecule has 1 aromatic rings. The largest absolute Gasteiger partial charge is 0.383 e. The van der Waals surface area contributed by atoms with Gasteiger partial charge in [0.25, 0.3) is 0 Å². The number of nitrogens with two attached hydrogens (primary N) is 1. The minimum Gasteiger partial charge on any atom is -0.383 e. The Bertz CT molecular complexity index is 432. The lowest BCUT2D eigenvalue weighted by molar-refractivity contribution is 0.0761. The molecule has 1 fully saturated rings. The number of hydrogen-bond donors (Lipinski definition) is 1. The molecule has 2 rings (SSSR count). The van der Waals surface area contributed by atoms with Crippen molar-refractivity contribution in [1.29, 1.82) is 5.26 Å². The summed E-state index contributed by atoms with van der Waals surface area (Å²) in [6.07, 6.45) is 0.989. The highest BCUT2D eigenvalue weighted by Crippen LogP contribution is 2.28. The van der Waals surface area contributed by atoms with Gasteiger partial charge in [0.15, 0.2) is 6.10 Å². The standard InChI is InChI=1S/C9H10BrN5O/c10-7-8(12)13-5-14-9(7)15-1-2-16-6(3-11)4-15/h5-6H,1-2,4H2,(H2,12,13,14). The molecule has 1 aliphatic rings. The van der Waals surface area contributed by atoms with Crippen LogP contribution in [0.5, 0.6) is 0 Å². The molecule has 2 heterocycles. The summed E-state index contributed by atoms with van der Waals surface area (Å²) in [5, 5.41) is 8.81. The minimum atomic E-state index is -0.420. The summed E-state index contributed by atoms with van der Waals surface area (Å²) in [6.45, 7) is 1.69. The Balaban J connectivity index is 2.24. The molecule has 0 saturated carbocycles. The van der Waals surface area contributed by atoms with Crippen LogP contribution in [0, 0.1) is 11.3 Å². The quantitative estimate of drug-likeness (QED) is 0.810. The van der Waals surface area contributed by atoms with Crippen molar-refractivity contribution in [1.82, 2.24) is 9.97 Å². The Hall–Kier alpha value is -1.39. The van der Waals surface area contributed by atoms with E-state index in [2.05, 4.69) is 32.0 Å². The molecule has 0 bridgehead atoms. The third-order valence-electron chi connectivity index (χ3n) is 2.31. The molecule has 0 aromatic carbocycles. The lowest BCUT2D eigenvalue weighted by Gasteiger charge is -2.31. The fraction of sp³-hybridized carbons (Fsp3) is 0.444. The normalized spacial score (nSPS) is 20.5. The smallest absolute Gasteiger partial charge is 0.161 e. The number of hydrogen-bond acceptors (Lipinski definition) is 6. The molecule has 1 saturated heterocycles. The van der Waals surface area contributed by atoms with E-state index in [0.29, 0.717) is 35.8 Å². The first-order chi connectivity index (χ1) is 7.72. The fourth-order valence-corrected chi connectivity index (χ4v) is 1.97. The van der Waals surface area contributed by atoms with Crippen molar-refractivity contribution in [3.63, 3.8) is 0 Å². The Morgan fingerprint density at radius 2 is 2.44 bits per heavy atom. The molecule has 1 unspecified atom stereocenters. The average Bonchev–Trinajstić information content (AvgIpc) is 2.33. The van der Waals surface area contributed by atoms with E-state index in [9.17, 15) is 0 Å². The van der Waals surface area contributed by atoms with Gasteiger partial charge >= 0.3 is 0 Å². The van der Waals surface area contributed by atoms with Crippen molar-refractivity contribution >= 4 is 27.6 Å². The number of nitrogen functional groups attached to an aromatic ring is 1. The van der Waals surface area contributed by atoms with Crippen LogP contribution in [0.1, 0.15) is 0 Å². The molecule has 0 amide bonds. The summed E-state index contributed by atoms with van der Waals surface area (Å²) in [5.74, 6) is 1.10. The van der Waals surface area contributed by atoms with Gasteiger partial charge in [-0.2, -0.15) is 5.26 Å². The molecule has 0 aliphatic carbocycles. The molecule has 0 spiro atoms. The van der Waals surface area contributed by atoms with Crippen LogP contribution in [0.2, 0.25) is 0 Å². The van der Waals surface area contributed by atoms with E-state index >= 15 is 0 Å². The van der Waals surface area contributed by atoms with Gasteiger partial charge in [0.2, 0.25) is 0 Å². The van der Waals surface area contributed by atoms with Gasteiger partial charge in [-0.1, -0.05) is 0 Å². The van der Waals surface area contributed by atoms with E-state index in [1.807, 2.05) is 4.90 Å². The highest BCUT2D eigenvalue weighted by Gasteiger charge is 2.23. The Morgan fingerprint density at radius 3 is 3.19 bits per heavy atom. The van der Waals surface area contributed by atoms with Crippen LogP contribution in [-0.2, 0) is 4.74 Å². The van der Waals surface area contributed by atoms with Crippen molar-refractivity contribution in [2.45, 2.75) is 6.10 Å². The Labute approximate surface area is 101 Å². The molecule has 7 heteroatoms. The van der Waals surface area contributed by atoms with Crippen LogP contribution in [0.15, 0.2) is 10.8 Å². The monoisotopic (exact) mass is 283 g/mol. The number of anilines is 2. The van der Waals surface area contributed by atoms with E-state index < -0.39 is 6.10 Å². The Morgan fingerprint density at radius 1 is 1.62 bits per heavy atom. The van der Waals surface area contributed by atoms with Crippen LogP contribution in [0.4, 0.5) is 11.6 Å². The number of ether oxygens (including phenoxy) is 1. The van der Waals surface area contributed by atoms with Crippen molar-refractivity contribution < 1.29 is 4.74 Å². The summed E-state index contributed by atoms with van der Waals surface area (Å²) >= 11 is 3.34. The van der Waals surface area contributed by atoms with Gasteiger partial charge in [-0.25, -0.2) is 9.97 Å². The van der Waals surface area contributed by atoms with Crippen molar-refractivity contribution in [2.75, 3.05) is 30.3 Å². The number of morpholine rings is 1. The molecular formula is C9H10BrN5O. The predicted octanol–water partition coefficient (Wildman–Crippen LogP) is 0.550. The topological polar surface area (TPSA) is 88.1 Å². The molecule has 1 aliphatic heterocycles. The molecule has 16 heavy (non-hydrogen) atoms. The molecule has 0 radical (unpaired) electrons. The summed E-state index contributed by atoms with van der Waals surface area (Å²) < 4.78 is 5.92. The van der Waals surface area contributed by atoms with Crippen molar-refractivity contribution in [3.8, 4) is 6.07 Å². The van der Waals surface area contributed by atoms with Crippen LogP contribution in [0.25, 0.3) is 0 Å². The van der Waals surface area contributed by atoms with Crippen molar-refractivity contribution in [2.24, 2.45) is 0 Å². The van der Waals surface area contributed by atoms with Gasteiger partial charge in [-0.3, -0.25) is 0 Å². The number of rotatable bonds is 1. The maximum Gasteiger partial charge on any atom is 0.161 e. The summed E-state index contributed by atoms with van der Waals surface area (Å²) in [5.41, 5.74) is 5.67. The predicted molar refractivity (Wildman–Crippen MR) is 61.7 cm³/mol. The van der Waals surface area contributed by atoms with Gasteiger partial charge in [0.1, 0.15) is 22.4 Å². The van der Waals surface area contributed by atoms with E-state index in [-0.39, 0.29) is 0 Å². The van der Waals surface area contributed by atoms with E-state index in [1.54, 1.807) is 0 Å². The second kappa shape index (κ2) is 4.63. The third-order valence-corrected chi connectivity index (χ3v) is 3.07. The van der Waals surface area contributed by atoms with E-state index in [0.717, 1.165) is 0 Å². The van der Waals surface area contributed by atoms with Gasteiger partial charge in [0, 0.05) is 6.54 Å². The summed E-state index contributed by atoms with van der Waals surface area (Å²) in [4.78, 5) is 9.98. The SMILES string of the molecule is N#CC1CN(c2ncnc(N)c2Br)CCO1. The first-order valence-corrected chi connectivity index (χ1v) is 5.54. The maximum atomic E-state index is 8.81. The first-order valence-electron chi connectivity index (χ1n) is 4.74. The highest BCUT2D eigenvalue weighted by atomic mass is 79.9. The first kappa shape index (κ1) is 11.1. The zero-order valence-electron chi connectivity index (χ0n) is 8.43. The van der Waals surface area contributed by atoms with Crippen LogP contribution in [-0.4, -0.2) is 35.8 Å². The number of aromatic nitrogens is 2. The van der Waals surface area contributed by atoms with Gasteiger partial charge in [-0.15, -0.1) is 0 Å². The van der Waals surface area contributed by atoms with E-state index in [4.69, 9.17) is 15.7 Å². The average molecular weight is 284 g/mol. The van der Waals surface area contributed by atoms with Gasteiger partial charge in [0.05, 0.1) is 19.2 Å². The van der Waals surface area contributed by atoms with Crippen molar-refractivity contribution in [3.05, 3.63) is 10.8 Å². The van der Waals surface area contributed by atoms with Crippen LogP contribution < -0.4 is 10.6 Å². The maximum absolute atomic E-state index is 8.81. The third kappa shape index (κ3) is 2.08. The van der Waals surface area contributed by atoms with Gasteiger partial charge < -0.3 is 15.4 Å². The number of nitrogens with zero attached hydrogens (tertiary/aromatic N) is 4. The van der Waals surface area contributed by atoms with Crippen LogP contribution in [0.3, 0.4) is 0 Å². The number of nitriles is 1. The zero-order valence-corrected chi connectivity index (χ0v) is 10.0. The molecule has 6 nitrogen and oxygen atoms in total. The number of halogens is 1. The fourth-order valence-electron chi connectivity index (χ4n) is 1.51. The lowest BCUT2D eigenvalue weighted by Crippen LogP contribution is -2.42. The van der Waals surface area contributed by atoms with Crippen LogP contribution >= 0.6 is 15.9 Å². The second-order valence-corrected chi connectivity index (χ2v) is 4.12. The molecule has 84 valence electrons. The van der Waals surface area contributed by atoms with Gasteiger partial charge in [-0.05, 0) is 15.9 Å². The molecular weight excluding hydrogens is 274 g/mol. The van der Waals surface area contributed by atoms with E-state index in [1.165, 1.54) is 6.33 Å². The summed E-state index contributed by atoms with van der Waals surface area (Å²) in [6, 6.07) is 2.08. The zero-order chi connectivity index (χ0) is 11.5. The lowest BCUT2D eigenvalue weighted by atomic mass is 10.3. The Kier molecular flexibility index (Phi) is 3.22.